The van der Waals surface area contributed by atoms with E-state index in [1.165, 1.54) is 18.4 Å². The quantitative estimate of drug-likeness (QED) is 0.801. The predicted molar refractivity (Wildman–Crippen MR) is 85.9 cm³/mol. The van der Waals surface area contributed by atoms with E-state index < -0.39 is 5.97 Å². The largest absolute Gasteiger partial charge is 0.452 e. The van der Waals surface area contributed by atoms with Gasteiger partial charge in [0.15, 0.2) is 6.61 Å². The highest BCUT2D eigenvalue weighted by Crippen LogP contribution is 2.15. The molecule has 1 heterocycles. The highest BCUT2D eigenvalue weighted by Gasteiger charge is 2.17. The fraction of sp³-hybridized carbons (Fsp3) is 0.556. The van der Waals surface area contributed by atoms with Gasteiger partial charge >= 0.3 is 5.97 Å². The summed E-state index contributed by atoms with van der Waals surface area (Å²) in [5.74, 6) is -0.0952. The Balaban J connectivity index is 1.85. The Labute approximate surface area is 132 Å². The Morgan fingerprint density at radius 3 is 2.18 bits per heavy atom. The lowest BCUT2D eigenvalue weighted by atomic mass is 10.0. The fourth-order valence-corrected chi connectivity index (χ4v) is 2.63. The molecular weight excluding hydrogens is 278 g/mol. The molecule has 0 bridgehead atoms. The van der Waals surface area contributed by atoms with E-state index in [2.05, 4.69) is 13.8 Å². The summed E-state index contributed by atoms with van der Waals surface area (Å²) in [6.45, 7) is 5.60. The van der Waals surface area contributed by atoms with Crippen molar-refractivity contribution in [3.8, 4) is 0 Å². The molecular formula is C18H25NO3. The van der Waals surface area contributed by atoms with Crippen LogP contribution in [-0.2, 0) is 9.53 Å². The van der Waals surface area contributed by atoms with Crippen molar-refractivity contribution in [2.24, 2.45) is 0 Å². The monoisotopic (exact) mass is 303 g/mol. The standard InChI is InChI=1S/C18H25NO3/c1-14(2)15-7-9-16(10-8-15)18(21)22-13-17(20)19-11-5-3-4-6-12-19/h7-10,14H,3-6,11-13H2,1-2H3. The molecule has 0 aromatic heterocycles. The van der Waals surface area contributed by atoms with E-state index >= 15 is 0 Å². The molecule has 0 N–H and O–H groups in total. The maximum atomic E-state index is 12.1. The van der Waals surface area contributed by atoms with Crippen molar-refractivity contribution in [3.63, 3.8) is 0 Å². The van der Waals surface area contributed by atoms with E-state index in [0.717, 1.165) is 25.9 Å². The van der Waals surface area contributed by atoms with Crippen LogP contribution in [0.3, 0.4) is 0 Å². The van der Waals surface area contributed by atoms with Gasteiger partial charge in [0.2, 0.25) is 0 Å². The van der Waals surface area contributed by atoms with Crippen molar-refractivity contribution in [3.05, 3.63) is 35.4 Å². The zero-order valence-corrected chi connectivity index (χ0v) is 13.5. The van der Waals surface area contributed by atoms with E-state index in [0.29, 0.717) is 11.5 Å². The molecule has 1 aromatic rings. The van der Waals surface area contributed by atoms with Gasteiger partial charge < -0.3 is 9.64 Å². The molecule has 2 rings (SSSR count). The van der Waals surface area contributed by atoms with Crippen molar-refractivity contribution >= 4 is 11.9 Å². The number of likely N-dealkylation sites (tertiary alicyclic amines) is 1. The van der Waals surface area contributed by atoms with Crippen molar-refractivity contribution < 1.29 is 14.3 Å². The molecule has 1 aliphatic rings. The zero-order valence-electron chi connectivity index (χ0n) is 13.5. The smallest absolute Gasteiger partial charge is 0.338 e. The number of hydrogen-bond donors (Lipinski definition) is 0. The van der Waals surface area contributed by atoms with Gasteiger partial charge in [0.25, 0.3) is 5.91 Å². The van der Waals surface area contributed by atoms with Gasteiger partial charge in [-0.25, -0.2) is 4.79 Å². The Hall–Kier alpha value is -1.84. The van der Waals surface area contributed by atoms with E-state index in [1.54, 1.807) is 12.1 Å². The zero-order chi connectivity index (χ0) is 15.9. The summed E-state index contributed by atoms with van der Waals surface area (Å²) in [6.07, 6.45) is 4.42. The maximum absolute atomic E-state index is 12.1. The van der Waals surface area contributed by atoms with Gasteiger partial charge in [-0.15, -0.1) is 0 Å². The average molecular weight is 303 g/mol. The second kappa shape index (κ2) is 7.97. The topological polar surface area (TPSA) is 46.6 Å². The van der Waals surface area contributed by atoms with Crippen LogP contribution in [0.25, 0.3) is 0 Å². The minimum absolute atomic E-state index is 0.0888. The van der Waals surface area contributed by atoms with Crippen LogP contribution in [0.1, 0.15) is 61.4 Å². The lowest BCUT2D eigenvalue weighted by Gasteiger charge is -2.19. The van der Waals surface area contributed by atoms with Crippen LogP contribution in [0.5, 0.6) is 0 Å². The molecule has 22 heavy (non-hydrogen) atoms. The minimum atomic E-state index is -0.432. The normalized spacial score (nSPS) is 15.5. The first-order chi connectivity index (χ1) is 10.6. The molecule has 0 aliphatic carbocycles. The number of carbonyl (C=O) groups excluding carboxylic acids is 2. The molecule has 1 aromatic carbocycles. The van der Waals surface area contributed by atoms with Crippen molar-refractivity contribution in [2.75, 3.05) is 19.7 Å². The number of esters is 1. The number of amides is 1. The van der Waals surface area contributed by atoms with Crippen LogP contribution >= 0.6 is 0 Å². The maximum Gasteiger partial charge on any atom is 0.338 e. The molecule has 0 spiro atoms. The third-order valence-corrected chi connectivity index (χ3v) is 4.10. The van der Waals surface area contributed by atoms with Gasteiger partial charge in [0, 0.05) is 13.1 Å². The van der Waals surface area contributed by atoms with E-state index in [-0.39, 0.29) is 12.5 Å². The second-order valence-electron chi connectivity index (χ2n) is 6.15. The first-order valence-electron chi connectivity index (χ1n) is 8.13. The number of benzene rings is 1. The van der Waals surface area contributed by atoms with Crippen LogP contribution in [0.15, 0.2) is 24.3 Å². The van der Waals surface area contributed by atoms with Gasteiger partial charge in [-0.05, 0) is 36.5 Å². The Kier molecular flexibility index (Phi) is 5.99. The predicted octanol–water partition coefficient (Wildman–Crippen LogP) is 3.37. The van der Waals surface area contributed by atoms with Gasteiger partial charge in [0.1, 0.15) is 0 Å². The van der Waals surface area contributed by atoms with Crippen LogP contribution in [0.4, 0.5) is 0 Å². The van der Waals surface area contributed by atoms with Gasteiger partial charge in [0.05, 0.1) is 5.56 Å². The third-order valence-electron chi connectivity index (χ3n) is 4.10. The molecule has 120 valence electrons. The molecule has 1 amide bonds. The van der Waals surface area contributed by atoms with Crippen LogP contribution in [0.2, 0.25) is 0 Å². The second-order valence-corrected chi connectivity index (χ2v) is 6.15. The average Bonchev–Trinajstić information content (AvgIpc) is 2.81. The van der Waals surface area contributed by atoms with E-state index in [1.807, 2.05) is 17.0 Å². The molecule has 0 radical (unpaired) electrons. The molecule has 1 saturated heterocycles. The SMILES string of the molecule is CC(C)c1ccc(C(=O)OCC(=O)N2CCCCCC2)cc1. The summed E-state index contributed by atoms with van der Waals surface area (Å²) in [4.78, 5) is 25.9. The van der Waals surface area contributed by atoms with Gasteiger partial charge in [-0.2, -0.15) is 0 Å². The van der Waals surface area contributed by atoms with Gasteiger partial charge in [-0.3, -0.25) is 4.79 Å². The molecule has 1 fully saturated rings. The summed E-state index contributed by atoms with van der Waals surface area (Å²) in [5.41, 5.74) is 1.67. The van der Waals surface area contributed by atoms with E-state index in [9.17, 15) is 9.59 Å². The number of rotatable bonds is 4. The summed E-state index contributed by atoms with van der Waals surface area (Å²) >= 11 is 0. The molecule has 1 aliphatic heterocycles. The highest BCUT2D eigenvalue weighted by atomic mass is 16.5. The molecule has 4 heteroatoms. The minimum Gasteiger partial charge on any atom is -0.452 e. The van der Waals surface area contributed by atoms with Crippen LogP contribution in [-0.4, -0.2) is 36.5 Å². The van der Waals surface area contributed by atoms with Crippen LogP contribution in [0, 0.1) is 0 Å². The van der Waals surface area contributed by atoms with Gasteiger partial charge in [-0.1, -0.05) is 38.8 Å². The van der Waals surface area contributed by atoms with Crippen LogP contribution < -0.4 is 0 Å². The molecule has 0 atom stereocenters. The Morgan fingerprint density at radius 1 is 1.05 bits per heavy atom. The lowest BCUT2D eigenvalue weighted by molar-refractivity contribution is -0.134. The van der Waals surface area contributed by atoms with Crippen molar-refractivity contribution in [2.45, 2.75) is 45.4 Å². The number of nitrogens with zero attached hydrogens (tertiary/aromatic N) is 1. The van der Waals surface area contributed by atoms with Crippen molar-refractivity contribution in [1.29, 1.82) is 0 Å². The Bertz CT molecular complexity index is 500. The number of hydrogen-bond acceptors (Lipinski definition) is 3. The summed E-state index contributed by atoms with van der Waals surface area (Å²) < 4.78 is 5.15. The first kappa shape index (κ1) is 16.5. The third kappa shape index (κ3) is 4.58. The summed E-state index contributed by atoms with van der Waals surface area (Å²) in [5, 5.41) is 0. The first-order valence-corrected chi connectivity index (χ1v) is 8.13. The van der Waals surface area contributed by atoms with E-state index in [4.69, 9.17) is 4.74 Å². The summed E-state index contributed by atoms with van der Waals surface area (Å²) in [7, 11) is 0. The fourth-order valence-electron chi connectivity index (χ4n) is 2.63. The molecule has 4 nitrogen and oxygen atoms in total. The highest BCUT2D eigenvalue weighted by molar-refractivity contribution is 5.91. The van der Waals surface area contributed by atoms with Crippen molar-refractivity contribution in [1.82, 2.24) is 4.90 Å². The summed E-state index contributed by atoms with van der Waals surface area (Å²) in [6, 6.07) is 7.37. The lowest BCUT2D eigenvalue weighted by Crippen LogP contribution is -2.35. The molecule has 0 saturated carbocycles. The molecule has 0 unspecified atom stereocenters. The number of carbonyl (C=O) groups is 2. The number of ether oxygens (including phenoxy) is 1. The Morgan fingerprint density at radius 2 is 1.64 bits per heavy atom.